The smallest absolute Gasteiger partial charge is 0.241 e. The van der Waals surface area contributed by atoms with Gasteiger partial charge in [-0.15, -0.1) is 0 Å². The molecule has 1 atom stereocenters. The highest BCUT2D eigenvalue weighted by molar-refractivity contribution is 7.89. The molecule has 6 heteroatoms. The van der Waals surface area contributed by atoms with E-state index in [1.165, 1.54) is 0 Å². The van der Waals surface area contributed by atoms with Gasteiger partial charge in [-0.3, -0.25) is 0 Å². The van der Waals surface area contributed by atoms with Crippen molar-refractivity contribution in [3.63, 3.8) is 0 Å². The normalized spacial score (nSPS) is 12.7. The molecular formula is C20H27NO4S. The first kappa shape index (κ1) is 20.3. The van der Waals surface area contributed by atoms with Crippen molar-refractivity contribution in [2.24, 2.45) is 0 Å². The van der Waals surface area contributed by atoms with E-state index in [0.717, 1.165) is 22.4 Å². The van der Waals surface area contributed by atoms with Gasteiger partial charge >= 0.3 is 0 Å². The molecule has 0 radical (unpaired) electrons. The van der Waals surface area contributed by atoms with Gasteiger partial charge in [0.1, 0.15) is 11.5 Å². The molecule has 0 amide bonds. The third kappa shape index (κ3) is 4.19. The number of aryl methyl sites for hydroxylation is 3. The highest BCUT2D eigenvalue weighted by Crippen LogP contribution is 2.29. The maximum atomic E-state index is 13.0. The van der Waals surface area contributed by atoms with E-state index >= 15 is 0 Å². The molecule has 2 aromatic rings. The lowest BCUT2D eigenvalue weighted by Gasteiger charge is -2.20. The molecule has 0 heterocycles. The second-order valence-electron chi connectivity index (χ2n) is 6.40. The Morgan fingerprint density at radius 2 is 1.54 bits per heavy atom. The molecule has 0 spiro atoms. The lowest BCUT2D eigenvalue weighted by atomic mass is 10.0. The van der Waals surface area contributed by atoms with Crippen LogP contribution in [0.25, 0.3) is 0 Å². The number of benzene rings is 2. The second kappa shape index (κ2) is 8.10. The Kier molecular flexibility index (Phi) is 6.31. The number of nitrogens with one attached hydrogen (secondary N) is 1. The Balaban J connectivity index is 2.38. The van der Waals surface area contributed by atoms with Gasteiger partial charge in [0.2, 0.25) is 10.0 Å². The zero-order chi connectivity index (χ0) is 19.5. The van der Waals surface area contributed by atoms with Crippen LogP contribution in [0.2, 0.25) is 0 Å². The van der Waals surface area contributed by atoms with Gasteiger partial charge in [0, 0.05) is 6.04 Å². The third-order valence-corrected chi connectivity index (χ3v) is 6.12. The Morgan fingerprint density at radius 1 is 0.923 bits per heavy atom. The minimum absolute atomic E-state index is 0.277. The Bertz CT molecular complexity index is 891. The van der Waals surface area contributed by atoms with Gasteiger partial charge in [-0.25, -0.2) is 13.1 Å². The van der Waals surface area contributed by atoms with Crippen LogP contribution in [0.5, 0.6) is 11.5 Å². The number of hydrogen-bond acceptors (Lipinski definition) is 4. The van der Waals surface area contributed by atoms with E-state index in [1.807, 2.05) is 39.0 Å². The van der Waals surface area contributed by atoms with Crippen molar-refractivity contribution in [3.8, 4) is 11.5 Å². The van der Waals surface area contributed by atoms with Gasteiger partial charge in [-0.2, -0.15) is 0 Å². The summed E-state index contributed by atoms with van der Waals surface area (Å²) in [5, 5.41) is 0. The lowest BCUT2D eigenvalue weighted by molar-refractivity contribution is 0.411. The van der Waals surface area contributed by atoms with Gasteiger partial charge in [0.25, 0.3) is 0 Å². The van der Waals surface area contributed by atoms with Gasteiger partial charge < -0.3 is 9.47 Å². The predicted molar refractivity (Wildman–Crippen MR) is 104 cm³/mol. The van der Waals surface area contributed by atoms with Crippen LogP contribution in [-0.4, -0.2) is 22.6 Å². The molecule has 0 saturated heterocycles. The van der Waals surface area contributed by atoms with Crippen molar-refractivity contribution in [1.82, 2.24) is 4.72 Å². The molecule has 0 saturated carbocycles. The van der Waals surface area contributed by atoms with Crippen LogP contribution in [-0.2, 0) is 10.0 Å². The first-order valence-corrected chi connectivity index (χ1v) is 10.0. The number of sulfonamides is 1. The minimum atomic E-state index is -3.66. The standard InChI is InChI=1S/C20H27NO4S/c1-7-17(16-8-9-18(24-5)13(2)10-16)21-26(22,23)20-12-14(3)19(25-6)11-15(20)4/h8-12,17,21H,7H2,1-6H3. The summed E-state index contributed by atoms with van der Waals surface area (Å²) in [6.07, 6.45) is 0.638. The quantitative estimate of drug-likeness (QED) is 0.790. The summed E-state index contributed by atoms with van der Waals surface area (Å²) in [4.78, 5) is 0.277. The zero-order valence-electron chi connectivity index (χ0n) is 16.2. The summed E-state index contributed by atoms with van der Waals surface area (Å²) < 4.78 is 39.4. The largest absolute Gasteiger partial charge is 0.496 e. The average Bonchev–Trinajstić information content (AvgIpc) is 2.61. The minimum Gasteiger partial charge on any atom is -0.496 e. The van der Waals surface area contributed by atoms with Crippen LogP contribution in [0.1, 0.15) is 41.6 Å². The van der Waals surface area contributed by atoms with Crippen LogP contribution < -0.4 is 14.2 Å². The van der Waals surface area contributed by atoms with Gasteiger partial charge in [0.15, 0.2) is 0 Å². The van der Waals surface area contributed by atoms with Gasteiger partial charge in [0.05, 0.1) is 19.1 Å². The molecule has 142 valence electrons. The van der Waals surface area contributed by atoms with Gasteiger partial charge in [-0.1, -0.05) is 19.1 Å². The topological polar surface area (TPSA) is 64.6 Å². The SMILES string of the molecule is CCC(NS(=O)(=O)c1cc(C)c(OC)cc1C)c1ccc(OC)c(C)c1. The monoisotopic (exact) mass is 377 g/mol. The van der Waals surface area contributed by atoms with Crippen molar-refractivity contribution in [1.29, 1.82) is 0 Å². The van der Waals surface area contributed by atoms with Crippen LogP contribution in [0.3, 0.4) is 0 Å². The number of methoxy groups -OCH3 is 2. The molecule has 0 aliphatic rings. The van der Waals surface area contributed by atoms with E-state index in [2.05, 4.69) is 4.72 Å². The average molecular weight is 378 g/mol. The van der Waals surface area contributed by atoms with E-state index in [9.17, 15) is 8.42 Å². The molecule has 1 unspecified atom stereocenters. The van der Waals surface area contributed by atoms with Crippen molar-refractivity contribution < 1.29 is 17.9 Å². The van der Waals surface area contributed by atoms with Crippen LogP contribution >= 0.6 is 0 Å². The van der Waals surface area contributed by atoms with E-state index in [-0.39, 0.29) is 10.9 Å². The van der Waals surface area contributed by atoms with Crippen molar-refractivity contribution in [2.45, 2.75) is 45.1 Å². The fourth-order valence-electron chi connectivity index (χ4n) is 3.03. The molecule has 26 heavy (non-hydrogen) atoms. The number of hydrogen-bond donors (Lipinski definition) is 1. The van der Waals surface area contributed by atoms with Gasteiger partial charge in [-0.05, 0) is 67.6 Å². The van der Waals surface area contributed by atoms with E-state index in [1.54, 1.807) is 33.3 Å². The summed E-state index contributed by atoms with van der Waals surface area (Å²) in [6, 6.07) is 8.82. The molecule has 2 rings (SSSR count). The molecule has 0 aliphatic heterocycles. The fraction of sp³-hybridized carbons (Fsp3) is 0.400. The Hall–Kier alpha value is -2.05. The second-order valence-corrected chi connectivity index (χ2v) is 8.08. The molecule has 5 nitrogen and oxygen atoms in total. The predicted octanol–water partition coefficient (Wildman–Crippen LogP) is 4.06. The lowest BCUT2D eigenvalue weighted by Crippen LogP contribution is -2.29. The molecular weight excluding hydrogens is 350 g/mol. The van der Waals surface area contributed by atoms with Crippen molar-refractivity contribution in [2.75, 3.05) is 14.2 Å². The van der Waals surface area contributed by atoms with Crippen LogP contribution in [0.4, 0.5) is 0 Å². The summed E-state index contributed by atoms with van der Waals surface area (Å²) in [5.41, 5.74) is 3.32. The van der Waals surface area contributed by atoms with Crippen molar-refractivity contribution >= 4 is 10.0 Å². The summed E-state index contributed by atoms with van der Waals surface area (Å²) in [6.45, 7) is 7.51. The maximum absolute atomic E-state index is 13.0. The highest BCUT2D eigenvalue weighted by Gasteiger charge is 2.23. The molecule has 2 aromatic carbocycles. The van der Waals surface area contributed by atoms with Crippen LogP contribution in [0, 0.1) is 20.8 Å². The van der Waals surface area contributed by atoms with E-state index < -0.39 is 10.0 Å². The number of rotatable bonds is 7. The fourth-order valence-corrected chi connectivity index (χ4v) is 4.65. The zero-order valence-corrected chi connectivity index (χ0v) is 17.0. The summed E-state index contributed by atoms with van der Waals surface area (Å²) in [7, 11) is -0.465. The molecule has 0 bridgehead atoms. The third-order valence-electron chi connectivity index (χ3n) is 4.51. The summed E-state index contributed by atoms with van der Waals surface area (Å²) in [5.74, 6) is 1.47. The summed E-state index contributed by atoms with van der Waals surface area (Å²) >= 11 is 0. The Morgan fingerprint density at radius 3 is 2.08 bits per heavy atom. The maximum Gasteiger partial charge on any atom is 0.241 e. The van der Waals surface area contributed by atoms with Crippen molar-refractivity contribution in [3.05, 3.63) is 52.6 Å². The molecule has 0 aromatic heterocycles. The molecule has 0 aliphatic carbocycles. The van der Waals surface area contributed by atoms with E-state index in [0.29, 0.717) is 17.7 Å². The molecule has 1 N–H and O–H groups in total. The molecule has 0 fully saturated rings. The first-order valence-electron chi connectivity index (χ1n) is 8.55. The first-order chi connectivity index (χ1) is 12.2. The number of ether oxygens (including phenoxy) is 2. The highest BCUT2D eigenvalue weighted by atomic mass is 32.2. The Labute approximate surface area is 156 Å². The van der Waals surface area contributed by atoms with Crippen LogP contribution in [0.15, 0.2) is 35.2 Å². The van der Waals surface area contributed by atoms with E-state index in [4.69, 9.17) is 9.47 Å².